The van der Waals surface area contributed by atoms with Crippen molar-refractivity contribution in [3.63, 3.8) is 0 Å². The van der Waals surface area contributed by atoms with Gasteiger partial charge in [-0.05, 0) is 29.1 Å². The van der Waals surface area contributed by atoms with Crippen molar-refractivity contribution in [3.8, 4) is 5.75 Å². The fourth-order valence-electron chi connectivity index (χ4n) is 2.26. The number of phenolic OH excluding ortho intramolecular Hbond substituents is 1. The molecule has 21 heavy (non-hydrogen) atoms. The topological polar surface area (TPSA) is 86.6 Å². The standard InChI is InChI=1S/C15H11NO4S/c17-9-4-1-3-8(7-9)12-11(14(19)15(20)16-12)13(18)10-5-2-6-21-10/h1-7,12,17,19H,(H,16,20)/t12-/m1/s1. The number of rotatable bonds is 3. The number of Topliss-reactive ketones (excluding diaryl/α,β-unsaturated/α-hetero) is 1. The smallest absolute Gasteiger partial charge is 0.287 e. The third kappa shape index (κ3) is 2.30. The molecule has 2 heterocycles. The fraction of sp³-hybridized carbons (Fsp3) is 0.0667. The van der Waals surface area contributed by atoms with Crippen molar-refractivity contribution in [2.75, 3.05) is 0 Å². The number of amides is 1. The molecule has 106 valence electrons. The minimum absolute atomic E-state index is 0.00745. The first-order valence-corrected chi connectivity index (χ1v) is 7.07. The van der Waals surface area contributed by atoms with Gasteiger partial charge < -0.3 is 15.5 Å². The number of hydrogen-bond acceptors (Lipinski definition) is 5. The van der Waals surface area contributed by atoms with Gasteiger partial charge in [-0.15, -0.1) is 11.3 Å². The molecule has 0 saturated heterocycles. The highest BCUT2D eigenvalue weighted by atomic mass is 32.1. The van der Waals surface area contributed by atoms with Crippen LogP contribution in [-0.4, -0.2) is 21.9 Å². The van der Waals surface area contributed by atoms with Crippen LogP contribution in [0, 0.1) is 0 Å². The molecule has 0 bridgehead atoms. The number of aliphatic hydroxyl groups excluding tert-OH is 1. The Morgan fingerprint density at radius 3 is 2.67 bits per heavy atom. The molecule has 1 aromatic carbocycles. The molecule has 0 fully saturated rings. The average molecular weight is 301 g/mol. The zero-order valence-corrected chi connectivity index (χ0v) is 11.6. The first-order chi connectivity index (χ1) is 10.1. The number of nitrogens with one attached hydrogen (secondary N) is 1. The van der Waals surface area contributed by atoms with Gasteiger partial charge in [0.1, 0.15) is 5.75 Å². The van der Waals surface area contributed by atoms with Crippen molar-refractivity contribution in [1.82, 2.24) is 5.32 Å². The average Bonchev–Trinajstić information content (AvgIpc) is 3.08. The molecule has 3 N–H and O–H groups in total. The molecule has 1 aliphatic rings. The van der Waals surface area contributed by atoms with Crippen LogP contribution < -0.4 is 5.32 Å². The summed E-state index contributed by atoms with van der Waals surface area (Å²) in [5.41, 5.74) is 0.542. The molecule has 1 aromatic heterocycles. The predicted octanol–water partition coefficient (Wildman–Crippen LogP) is 2.32. The zero-order valence-electron chi connectivity index (χ0n) is 10.7. The van der Waals surface area contributed by atoms with Crippen LogP contribution >= 0.6 is 11.3 Å². The zero-order chi connectivity index (χ0) is 15.0. The van der Waals surface area contributed by atoms with Crippen LogP contribution in [0.5, 0.6) is 5.75 Å². The van der Waals surface area contributed by atoms with Gasteiger partial charge in [-0.25, -0.2) is 0 Å². The van der Waals surface area contributed by atoms with E-state index in [1.807, 2.05) is 0 Å². The van der Waals surface area contributed by atoms with Crippen LogP contribution in [0.25, 0.3) is 0 Å². The lowest BCUT2D eigenvalue weighted by molar-refractivity contribution is -0.119. The number of ketones is 1. The lowest BCUT2D eigenvalue weighted by Gasteiger charge is -2.14. The van der Waals surface area contributed by atoms with Gasteiger partial charge in [-0.1, -0.05) is 18.2 Å². The first-order valence-electron chi connectivity index (χ1n) is 6.19. The predicted molar refractivity (Wildman–Crippen MR) is 77.3 cm³/mol. The molecule has 1 aliphatic heterocycles. The molecule has 1 atom stereocenters. The van der Waals surface area contributed by atoms with E-state index in [9.17, 15) is 19.8 Å². The molecule has 5 nitrogen and oxygen atoms in total. The number of carbonyl (C=O) groups is 2. The van der Waals surface area contributed by atoms with Gasteiger partial charge in [-0.2, -0.15) is 0 Å². The number of thiophene rings is 1. The maximum Gasteiger partial charge on any atom is 0.287 e. The summed E-state index contributed by atoms with van der Waals surface area (Å²) in [6.07, 6.45) is 0. The lowest BCUT2D eigenvalue weighted by Crippen LogP contribution is -2.23. The number of aromatic hydroxyl groups is 1. The van der Waals surface area contributed by atoms with E-state index >= 15 is 0 Å². The number of hydrogen-bond donors (Lipinski definition) is 3. The van der Waals surface area contributed by atoms with Crippen LogP contribution in [-0.2, 0) is 4.79 Å². The summed E-state index contributed by atoms with van der Waals surface area (Å²) in [7, 11) is 0. The summed E-state index contributed by atoms with van der Waals surface area (Å²) in [4.78, 5) is 24.6. The van der Waals surface area contributed by atoms with E-state index < -0.39 is 23.5 Å². The highest BCUT2D eigenvalue weighted by molar-refractivity contribution is 7.12. The van der Waals surface area contributed by atoms with E-state index in [1.54, 1.807) is 29.6 Å². The number of benzene rings is 1. The second-order valence-electron chi connectivity index (χ2n) is 4.57. The van der Waals surface area contributed by atoms with Crippen LogP contribution in [0.4, 0.5) is 0 Å². The van der Waals surface area contributed by atoms with E-state index in [2.05, 4.69) is 5.32 Å². The van der Waals surface area contributed by atoms with E-state index in [1.165, 1.54) is 23.5 Å². The molecule has 0 aliphatic carbocycles. The van der Waals surface area contributed by atoms with E-state index in [0.29, 0.717) is 10.4 Å². The van der Waals surface area contributed by atoms with Crippen molar-refractivity contribution in [2.45, 2.75) is 6.04 Å². The molecule has 0 spiro atoms. The van der Waals surface area contributed by atoms with Gasteiger partial charge in [0, 0.05) is 0 Å². The van der Waals surface area contributed by atoms with Crippen molar-refractivity contribution in [2.24, 2.45) is 0 Å². The maximum atomic E-state index is 12.5. The third-order valence-electron chi connectivity index (χ3n) is 3.23. The van der Waals surface area contributed by atoms with Gasteiger partial charge in [0.05, 0.1) is 16.5 Å². The summed E-state index contributed by atoms with van der Waals surface area (Å²) in [5.74, 6) is -1.63. The van der Waals surface area contributed by atoms with Gasteiger partial charge in [-0.3, -0.25) is 9.59 Å². The third-order valence-corrected chi connectivity index (χ3v) is 4.10. The Hall–Kier alpha value is -2.60. The van der Waals surface area contributed by atoms with E-state index in [4.69, 9.17) is 0 Å². The Balaban J connectivity index is 2.06. The van der Waals surface area contributed by atoms with Crippen LogP contribution in [0.1, 0.15) is 21.3 Å². The molecular weight excluding hydrogens is 290 g/mol. The van der Waals surface area contributed by atoms with Crippen LogP contribution in [0.15, 0.2) is 53.1 Å². The van der Waals surface area contributed by atoms with Crippen molar-refractivity contribution >= 4 is 23.0 Å². The van der Waals surface area contributed by atoms with Crippen molar-refractivity contribution in [1.29, 1.82) is 0 Å². The number of aliphatic hydroxyl groups is 1. The number of phenols is 1. The Bertz CT molecular complexity index is 749. The molecular formula is C15H11NO4S. The second-order valence-corrected chi connectivity index (χ2v) is 5.52. The fourth-order valence-corrected chi connectivity index (χ4v) is 2.94. The summed E-state index contributed by atoms with van der Waals surface area (Å²) < 4.78 is 0. The second kappa shape index (κ2) is 5.06. The van der Waals surface area contributed by atoms with Gasteiger partial charge in [0.25, 0.3) is 5.91 Å². The highest BCUT2D eigenvalue weighted by Crippen LogP contribution is 2.33. The quantitative estimate of drug-likeness (QED) is 0.759. The van der Waals surface area contributed by atoms with E-state index in [-0.39, 0.29) is 11.3 Å². The summed E-state index contributed by atoms with van der Waals surface area (Å²) >= 11 is 1.24. The highest BCUT2D eigenvalue weighted by Gasteiger charge is 2.37. The largest absolute Gasteiger partial charge is 0.508 e. The molecule has 0 unspecified atom stereocenters. The summed E-state index contributed by atoms with van der Waals surface area (Å²) in [5, 5.41) is 23.8. The molecule has 2 aromatic rings. The first kappa shape index (κ1) is 13.4. The SMILES string of the molecule is O=C1N[C@H](c2cccc(O)c2)C(C(=O)c2cccs2)=C1O. The molecule has 1 amide bonds. The molecule has 6 heteroatoms. The Kier molecular flexibility index (Phi) is 3.23. The van der Waals surface area contributed by atoms with Crippen LogP contribution in [0.3, 0.4) is 0 Å². The van der Waals surface area contributed by atoms with Crippen LogP contribution in [0.2, 0.25) is 0 Å². The minimum Gasteiger partial charge on any atom is -0.508 e. The van der Waals surface area contributed by atoms with Gasteiger partial charge >= 0.3 is 0 Å². The summed E-state index contributed by atoms with van der Waals surface area (Å²) in [6, 6.07) is 8.82. The number of carbonyl (C=O) groups excluding carboxylic acids is 2. The Morgan fingerprint density at radius 2 is 2.00 bits per heavy atom. The normalized spacial score (nSPS) is 17.9. The van der Waals surface area contributed by atoms with E-state index in [0.717, 1.165) is 0 Å². The Labute approximate surface area is 124 Å². The lowest BCUT2D eigenvalue weighted by atomic mass is 9.96. The Morgan fingerprint density at radius 1 is 1.19 bits per heavy atom. The molecule has 0 radical (unpaired) electrons. The summed E-state index contributed by atoms with van der Waals surface area (Å²) in [6.45, 7) is 0. The van der Waals surface area contributed by atoms with Gasteiger partial charge in [0.2, 0.25) is 5.78 Å². The monoisotopic (exact) mass is 301 g/mol. The van der Waals surface area contributed by atoms with Crippen molar-refractivity contribution < 1.29 is 19.8 Å². The molecule has 3 rings (SSSR count). The minimum atomic E-state index is -0.765. The van der Waals surface area contributed by atoms with Gasteiger partial charge in [0.15, 0.2) is 5.76 Å². The maximum absolute atomic E-state index is 12.5. The van der Waals surface area contributed by atoms with Crippen molar-refractivity contribution in [3.05, 3.63) is 63.6 Å². The molecule has 0 saturated carbocycles.